The number of likely N-dealkylation sites (tertiary alicyclic amines) is 1. The zero-order chi connectivity index (χ0) is 16.8. The van der Waals surface area contributed by atoms with Crippen molar-refractivity contribution < 1.29 is 4.79 Å². The first-order valence-corrected chi connectivity index (χ1v) is 8.68. The molecule has 1 aliphatic heterocycles. The summed E-state index contributed by atoms with van der Waals surface area (Å²) in [5.74, 6) is 0.549. The summed E-state index contributed by atoms with van der Waals surface area (Å²) in [6.07, 6.45) is 6.83. The maximum atomic E-state index is 12.4. The number of carbonyl (C=O) groups is 1. The highest BCUT2D eigenvalue weighted by Crippen LogP contribution is 2.21. The van der Waals surface area contributed by atoms with E-state index >= 15 is 0 Å². The summed E-state index contributed by atoms with van der Waals surface area (Å²) in [6, 6.07) is 12.6. The highest BCUT2D eigenvalue weighted by atomic mass is 16.2. The lowest BCUT2D eigenvalue weighted by molar-refractivity contribution is 0.165. The van der Waals surface area contributed by atoms with Crippen molar-refractivity contribution >= 4 is 6.03 Å². The summed E-state index contributed by atoms with van der Waals surface area (Å²) in [5, 5.41) is 3.02. The Bertz CT molecular complexity index is 654. The van der Waals surface area contributed by atoms with Crippen molar-refractivity contribution in [1.29, 1.82) is 0 Å². The minimum absolute atomic E-state index is 0.0421. The number of benzene rings is 1. The number of urea groups is 1. The van der Waals surface area contributed by atoms with E-state index in [2.05, 4.69) is 41.5 Å². The van der Waals surface area contributed by atoms with Gasteiger partial charge >= 0.3 is 6.03 Å². The molecule has 0 aliphatic carbocycles. The Balaban J connectivity index is 1.51. The molecule has 1 aromatic heterocycles. The third-order valence-corrected chi connectivity index (χ3v) is 4.64. The first-order chi connectivity index (χ1) is 11.7. The number of pyridine rings is 1. The Labute approximate surface area is 143 Å². The maximum absolute atomic E-state index is 12.4. The molecule has 0 unspecified atom stereocenters. The van der Waals surface area contributed by atoms with Gasteiger partial charge in [0.15, 0.2) is 0 Å². The van der Waals surface area contributed by atoms with Gasteiger partial charge < -0.3 is 10.2 Å². The fraction of sp³-hybridized carbons (Fsp3) is 0.400. The van der Waals surface area contributed by atoms with Crippen LogP contribution in [0.3, 0.4) is 0 Å². The molecule has 126 valence electrons. The smallest absolute Gasteiger partial charge is 0.317 e. The standard InChI is InChI=1S/C20H25N3O/c1-16-4-6-17(7-5-16)13-19-3-2-12-23(15-19)20(24)22-14-18-8-10-21-11-9-18/h4-11,19H,2-3,12-15H2,1H3,(H,22,24)/t19-/m1/s1. The molecule has 1 saturated heterocycles. The zero-order valence-corrected chi connectivity index (χ0v) is 14.2. The second-order valence-electron chi connectivity index (χ2n) is 6.66. The van der Waals surface area contributed by atoms with Crippen molar-refractivity contribution in [2.45, 2.75) is 32.7 Å². The predicted molar refractivity (Wildman–Crippen MR) is 95.7 cm³/mol. The Kier molecular flexibility index (Phi) is 5.47. The molecule has 0 saturated carbocycles. The molecule has 3 rings (SSSR count). The van der Waals surface area contributed by atoms with Crippen LogP contribution < -0.4 is 5.32 Å². The van der Waals surface area contributed by atoms with Crippen LogP contribution in [-0.4, -0.2) is 29.0 Å². The zero-order valence-electron chi connectivity index (χ0n) is 14.2. The van der Waals surface area contributed by atoms with E-state index in [0.29, 0.717) is 12.5 Å². The van der Waals surface area contributed by atoms with Gasteiger partial charge in [0.05, 0.1) is 0 Å². The average Bonchev–Trinajstić information content (AvgIpc) is 2.63. The van der Waals surface area contributed by atoms with Crippen molar-refractivity contribution in [3.8, 4) is 0 Å². The van der Waals surface area contributed by atoms with Crippen LogP contribution in [0.4, 0.5) is 4.79 Å². The molecule has 1 N–H and O–H groups in total. The van der Waals surface area contributed by atoms with E-state index in [1.165, 1.54) is 17.5 Å². The summed E-state index contributed by atoms with van der Waals surface area (Å²) in [7, 11) is 0. The van der Waals surface area contributed by atoms with Crippen LogP contribution in [0.15, 0.2) is 48.8 Å². The van der Waals surface area contributed by atoms with E-state index in [-0.39, 0.29) is 6.03 Å². The topological polar surface area (TPSA) is 45.2 Å². The Morgan fingerprint density at radius 1 is 1.17 bits per heavy atom. The van der Waals surface area contributed by atoms with Crippen molar-refractivity contribution in [2.24, 2.45) is 5.92 Å². The summed E-state index contributed by atoms with van der Waals surface area (Å²) in [5.41, 5.74) is 3.73. The van der Waals surface area contributed by atoms with E-state index < -0.39 is 0 Å². The maximum Gasteiger partial charge on any atom is 0.317 e. The Morgan fingerprint density at radius 3 is 2.67 bits per heavy atom. The molecule has 2 amide bonds. The van der Waals surface area contributed by atoms with Crippen LogP contribution in [-0.2, 0) is 13.0 Å². The number of nitrogens with one attached hydrogen (secondary N) is 1. The van der Waals surface area contributed by atoms with Crippen LogP contribution >= 0.6 is 0 Å². The number of carbonyl (C=O) groups excluding carboxylic acids is 1. The van der Waals surface area contributed by atoms with Crippen molar-refractivity contribution in [3.05, 3.63) is 65.5 Å². The van der Waals surface area contributed by atoms with E-state index in [0.717, 1.165) is 31.5 Å². The Hall–Kier alpha value is -2.36. The third kappa shape index (κ3) is 4.57. The molecule has 0 spiro atoms. The number of aryl methyl sites for hydroxylation is 1. The molecular formula is C20H25N3O. The highest BCUT2D eigenvalue weighted by molar-refractivity contribution is 5.74. The molecule has 0 bridgehead atoms. The molecule has 2 aromatic rings. The van der Waals surface area contributed by atoms with Gasteiger partial charge in [0, 0.05) is 32.0 Å². The lowest BCUT2D eigenvalue weighted by Gasteiger charge is -2.33. The number of nitrogens with zero attached hydrogens (tertiary/aromatic N) is 2. The molecule has 2 heterocycles. The number of hydrogen-bond donors (Lipinski definition) is 1. The number of piperidine rings is 1. The molecule has 1 aliphatic rings. The number of aromatic nitrogens is 1. The van der Waals surface area contributed by atoms with Gasteiger partial charge in [-0.3, -0.25) is 4.98 Å². The largest absolute Gasteiger partial charge is 0.334 e. The van der Waals surface area contributed by atoms with E-state index in [1.807, 2.05) is 17.0 Å². The summed E-state index contributed by atoms with van der Waals surface area (Å²) in [6.45, 7) is 4.36. The SMILES string of the molecule is Cc1ccc(C[C@H]2CCCN(C(=O)NCc3ccncc3)C2)cc1. The van der Waals surface area contributed by atoms with Gasteiger partial charge in [-0.2, -0.15) is 0 Å². The van der Waals surface area contributed by atoms with E-state index in [4.69, 9.17) is 0 Å². The molecule has 24 heavy (non-hydrogen) atoms. The molecule has 1 atom stereocenters. The van der Waals surface area contributed by atoms with Crippen molar-refractivity contribution in [2.75, 3.05) is 13.1 Å². The summed E-state index contributed by atoms with van der Waals surface area (Å²) < 4.78 is 0. The summed E-state index contributed by atoms with van der Waals surface area (Å²) >= 11 is 0. The van der Waals surface area contributed by atoms with Crippen molar-refractivity contribution in [1.82, 2.24) is 15.2 Å². The molecule has 4 nitrogen and oxygen atoms in total. The van der Waals surface area contributed by atoms with E-state index in [1.54, 1.807) is 12.4 Å². The minimum Gasteiger partial charge on any atom is -0.334 e. The first-order valence-electron chi connectivity index (χ1n) is 8.68. The highest BCUT2D eigenvalue weighted by Gasteiger charge is 2.23. The molecule has 1 fully saturated rings. The number of hydrogen-bond acceptors (Lipinski definition) is 2. The van der Waals surface area contributed by atoms with Crippen LogP contribution in [0.5, 0.6) is 0 Å². The third-order valence-electron chi connectivity index (χ3n) is 4.64. The first kappa shape index (κ1) is 16.5. The molecule has 1 aromatic carbocycles. The average molecular weight is 323 g/mol. The lowest BCUT2D eigenvalue weighted by atomic mass is 9.91. The van der Waals surface area contributed by atoms with Gasteiger partial charge in [-0.25, -0.2) is 4.79 Å². The van der Waals surface area contributed by atoms with Gasteiger partial charge in [-0.15, -0.1) is 0 Å². The molecule has 0 radical (unpaired) electrons. The molecular weight excluding hydrogens is 298 g/mol. The number of rotatable bonds is 4. The normalized spacial score (nSPS) is 17.5. The van der Waals surface area contributed by atoms with Crippen LogP contribution in [0.1, 0.15) is 29.5 Å². The van der Waals surface area contributed by atoms with Crippen LogP contribution in [0, 0.1) is 12.8 Å². The van der Waals surface area contributed by atoms with Gasteiger partial charge in [0.2, 0.25) is 0 Å². The van der Waals surface area contributed by atoms with Crippen LogP contribution in [0.2, 0.25) is 0 Å². The lowest BCUT2D eigenvalue weighted by Crippen LogP contribution is -2.45. The summed E-state index contributed by atoms with van der Waals surface area (Å²) in [4.78, 5) is 18.4. The van der Waals surface area contributed by atoms with Gasteiger partial charge in [0.25, 0.3) is 0 Å². The second-order valence-corrected chi connectivity index (χ2v) is 6.66. The fourth-order valence-corrected chi connectivity index (χ4v) is 3.26. The molecule has 4 heteroatoms. The van der Waals surface area contributed by atoms with Gasteiger partial charge in [-0.05, 0) is 55.4 Å². The Morgan fingerprint density at radius 2 is 1.92 bits per heavy atom. The van der Waals surface area contributed by atoms with Crippen LogP contribution in [0.25, 0.3) is 0 Å². The second kappa shape index (κ2) is 7.95. The van der Waals surface area contributed by atoms with Crippen molar-refractivity contribution in [3.63, 3.8) is 0 Å². The van der Waals surface area contributed by atoms with E-state index in [9.17, 15) is 4.79 Å². The number of amides is 2. The minimum atomic E-state index is 0.0421. The fourth-order valence-electron chi connectivity index (χ4n) is 3.26. The quantitative estimate of drug-likeness (QED) is 0.935. The predicted octanol–water partition coefficient (Wildman–Crippen LogP) is 3.55. The monoisotopic (exact) mass is 323 g/mol. The van der Waals surface area contributed by atoms with Gasteiger partial charge in [-0.1, -0.05) is 29.8 Å². The van der Waals surface area contributed by atoms with Gasteiger partial charge in [0.1, 0.15) is 0 Å².